The van der Waals surface area contributed by atoms with Gasteiger partial charge in [0.2, 0.25) is 0 Å². The van der Waals surface area contributed by atoms with E-state index in [4.69, 9.17) is 0 Å². The molecule has 0 fully saturated rings. The van der Waals surface area contributed by atoms with Gasteiger partial charge in [0.25, 0.3) is 0 Å². The van der Waals surface area contributed by atoms with E-state index in [0.717, 1.165) is 17.1 Å². The third-order valence-corrected chi connectivity index (χ3v) is 13.7. The molecule has 12 rings (SSSR count). The number of para-hydroxylation sites is 3. The van der Waals surface area contributed by atoms with Crippen LogP contribution in [0.2, 0.25) is 0 Å². The molecular weight excluding hydrogens is 821 g/mol. The van der Waals surface area contributed by atoms with Crippen LogP contribution in [0.15, 0.2) is 279 Å². The van der Waals surface area contributed by atoms with Crippen LogP contribution in [0.25, 0.3) is 77.6 Å². The summed E-state index contributed by atoms with van der Waals surface area (Å²) in [5.41, 5.74) is 19.2. The third-order valence-electron chi connectivity index (χ3n) is 13.7. The molecule has 0 saturated carbocycles. The van der Waals surface area contributed by atoms with Crippen molar-refractivity contribution >= 4 is 38.8 Å². The Labute approximate surface area is 398 Å². The summed E-state index contributed by atoms with van der Waals surface area (Å²) >= 11 is 0. The summed E-state index contributed by atoms with van der Waals surface area (Å²) in [7, 11) is 0. The SMILES string of the molecule is C1=CC(N(c2ccc(-c3ccc(-c4ccccc4)cc3)cc2)c2ccc(-c3cccc4c5ccccc5n(-c5ccccc5)c34)cc2)C(c2ccccc2-c2ccccc2)C(c2ccccc2)=C1. The molecule has 68 heavy (non-hydrogen) atoms. The molecular formula is C66H48N2. The minimum Gasteiger partial charge on any atom is -0.334 e. The summed E-state index contributed by atoms with van der Waals surface area (Å²) < 4.78 is 2.43. The fourth-order valence-corrected chi connectivity index (χ4v) is 10.5. The van der Waals surface area contributed by atoms with E-state index in [0.29, 0.717) is 0 Å². The van der Waals surface area contributed by atoms with Gasteiger partial charge in [0.1, 0.15) is 0 Å². The van der Waals surface area contributed by atoms with Crippen molar-refractivity contribution in [3.8, 4) is 50.2 Å². The zero-order valence-electron chi connectivity index (χ0n) is 37.6. The van der Waals surface area contributed by atoms with Crippen LogP contribution in [-0.2, 0) is 0 Å². The summed E-state index contributed by atoms with van der Waals surface area (Å²) in [6.45, 7) is 0. The van der Waals surface area contributed by atoms with Crippen LogP contribution in [0, 0.1) is 0 Å². The highest BCUT2D eigenvalue weighted by Crippen LogP contribution is 2.47. The van der Waals surface area contributed by atoms with E-state index < -0.39 is 0 Å². The number of fused-ring (bicyclic) bond motifs is 3. The van der Waals surface area contributed by atoms with E-state index in [1.807, 2.05) is 0 Å². The number of anilines is 2. The highest BCUT2D eigenvalue weighted by Gasteiger charge is 2.35. The van der Waals surface area contributed by atoms with Gasteiger partial charge in [-0.3, -0.25) is 0 Å². The van der Waals surface area contributed by atoms with Crippen LogP contribution >= 0.6 is 0 Å². The van der Waals surface area contributed by atoms with Gasteiger partial charge in [0, 0.05) is 39.3 Å². The van der Waals surface area contributed by atoms with Crippen LogP contribution in [0.4, 0.5) is 11.4 Å². The van der Waals surface area contributed by atoms with Crippen molar-refractivity contribution in [2.24, 2.45) is 0 Å². The molecule has 10 aromatic carbocycles. The Morgan fingerprint density at radius 3 is 1.44 bits per heavy atom. The molecule has 0 bridgehead atoms. The number of nitrogens with zero attached hydrogens (tertiary/aromatic N) is 2. The summed E-state index contributed by atoms with van der Waals surface area (Å²) in [5, 5.41) is 2.50. The highest BCUT2D eigenvalue weighted by molar-refractivity contribution is 6.13. The first-order chi connectivity index (χ1) is 33.8. The Bertz CT molecular complexity index is 3570. The van der Waals surface area contributed by atoms with Gasteiger partial charge in [0.05, 0.1) is 17.1 Å². The van der Waals surface area contributed by atoms with E-state index >= 15 is 0 Å². The Morgan fingerprint density at radius 1 is 0.338 bits per heavy atom. The van der Waals surface area contributed by atoms with Crippen molar-refractivity contribution in [3.63, 3.8) is 0 Å². The van der Waals surface area contributed by atoms with Gasteiger partial charge in [-0.25, -0.2) is 0 Å². The molecule has 1 heterocycles. The monoisotopic (exact) mass is 868 g/mol. The maximum atomic E-state index is 2.56. The van der Waals surface area contributed by atoms with Crippen LogP contribution in [0.5, 0.6) is 0 Å². The van der Waals surface area contributed by atoms with Crippen LogP contribution in [-0.4, -0.2) is 10.6 Å². The lowest BCUT2D eigenvalue weighted by atomic mass is 9.75. The molecule has 11 aromatic rings. The molecule has 1 aliphatic rings. The fourth-order valence-electron chi connectivity index (χ4n) is 10.5. The van der Waals surface area contributed by atoms with Crippen molar-refractivity contribution in [2.75, 3.05) is 4.90 Å². The standard InChI is InChI=1S/C66H48N2/c1-5-19-47(20-6-1)48-35-37-49(38-36-48)50-39-43-55(44-40-50)67(64-34-18-30-58(52-23-9-3-10-24-52)65(64)61-29-14-13-27-57(61)51-21-7-2-8-22-51)56-45-41-53(42-46-56)59-31-17-32-62-60-28-15-16-33-63(60)68(66(59)62)54-25-11-4-12-26-54/h1-46,64-65H. The topological polar surface area (TPSA) is 8.17 Å². The second-order valence-corrected chi connectivity index (χ2v) is 17.6. The van der Waals surface area contributed by atoms with E-state index in [-0.39, 0.29) is 12.0 Å². The lowest BCUT2D eigenvalue weighted by molar-refractivity contribution is 0.704. The summed E-state index contributed by atoms with van der Waals surface area (Å²) in [4.78, 5) is 2.56. The number of hydrogen-bond acceptors (Lipinski definition) is 1. The van der Waals surface area contributed by atoms with Crippen LogP contribution in [0.3, 0.4) is 0 Å². The van der Waals surface area contributed by atoms with Gasteiger partial charge >= 0.3 is 0 Å². The Hall–Kier alpha value is -8.72. The van der Waals surface area contributed by atoms with E-state index in [1.165, 1.54) is 83.0 Å². The molecule has 0 aliphatic heterocycles. The van der Waals surface area contributed by atoms with E-state index in [1.54, 1.807) is 0 Å². The predicted molar refractivity (Wildman–Crippen MR) is 288 cm³/mol. The molecule has 1 aliphatic carbocycles. The van der Waals surface area contributed by atoms with Crippen molar-refractivity contribution in [1.82, 2.24) is 4.57 Å². The quantitative estimate of drug-likeness (QED) is 0.133. The van der Waals surface area contributed by atoms with E-state index in [9.17, 15) is 0 Å². The van der Waals surface area contributed by atoms with Crippen molar-refractivity contribution in [2.45, 2.75) is 12.0 Å². The van der Waals surface area contributed by atoms with Gasteiger partial charge in [0.15, 0.2) is 0 Å². The molecule has 2 nitrogen and oxygen atoms in total. The molecule has 0 spiro atoms. The third kappa shape index (κ3) is 7.52. The van der Waals surface area contributed by atoms with E-state index in [2.05, 4.69) is 289 Å². The highest BCUT2D eigenvalue weighted by atomic mass is 15.2. The molecule has 0 amide bonds. The molecule has 1 aromatic heterocycles. The second kappa shape index (κ2) is 17.9. The summed E-state index contributed by atoms with van der Waals surface area (Å²) in [5.74, 6) is -0.0148. The first-order valence-corrected chi connectivity index (χ1v) is 23.6. The van der Waals surface area contributed by atoms with Crippen LogP contribution in [0.1, 0.15) is 17.0 Å². The van der Waals surface area contributed by atoms with Crippen LogP contribution < -0.4 is 4.90 Å². The van der Waals surface area contributed by atoms with Crippen molar-refractivity contribution in [3.05, 3.63) is 290 Å². The second-order valence-electron chi connectivity index (χ2n) is 17.6. The zero-order valence-corrected chi connectivity index (χ0v) is 37.6. The van der Waals surface area contributed by atoms with Gasteiger partial charge in [-0.1, -0.05) is 237 Å². The molecule has 0 saturated heterocycles. The molecule has 2 unspecified atom stereocenters. The average Bonchev–Trinajstić information content (AvgIpc) is 3.77. The molecule has 2 atom stereocenters. The zero-order chi connectivity index (χ0) is 45.2. The van der Waals surface area contributed by atoms with Crippen molar-refractivity contribution < 1.29 is 0 Å². The van der Waals surface area contributed by atoms with Gasteiger partial charge in [-0.05, 0) is 98.1 Å². The molecule has 322 valence electrons. The van der Waals surface area contributed by atoms with Gasteiger partial charge in [-0.2, -0.15) is 0 Å². The Kier molecular flexibility index (Phi) is 10.7. The molecule has 0 radical (unpaired) electrons. The maximum absolute atomic E-state index is 2.56. The largest absolute Gasteiger partial charge is 0.334 e. The van der Waals surface area contributed by atoms with Crippen molar-refractivity contribution in [1.29, 1.82) is 0 Å². The smallest absolute Gasteiger partial charge is 0.0635 e. The maximum Gasteiger partial charge on any atom is 0.0635 e. The molecule has 0 N–H and O–H groups in total. The first-order valence-electron chi connectivity index (χ1n) is 23.6. The number of aromatic nitrogens is 1. The Morgan fingerprint density at radius 2 is 0.794 bits per heavy atom. The number of allylic oxidation sites excluding steroid dienone is 2. The number of hydrogen-bond donors (Lipinski definition) is 0. The normalized spacial score (nSPS) is 14.5. The van der Waals surface area contributed by atoms with Gasteiger partial charge in [-0.15, -0.1) is 0 Å². The minimum absolute atomic E-state index is 0.0148. The number of rotatable bonds is 10. The van der Waals surface area contributed by atoms with Gasteiger partial charge < -0.3 is 9.47 Å². The summed E-state index contributed by atoms with van der Waals surface area (Å²) in [6.07, 6.45) is 7.00. The fraction of sp³-hybridized carbons (Fsp3) is 0.0303. The average molecular weight is 869 g/mol. The summed E-state index contributed by atoms with van der Waals surface area (Å²) in [6, 6.07) is 95.0. The lowest BCUT2D eigenvalue weighted by Gasteiger charge is -2.41. The lowest BCUT2D eigenvalue weighted by Crippen LogP contribution is -2.37. The predicted octanol–water partition coefficient (Wildman–Crippen LogP) is 17.4. The first kappa shape index (κ1) is 40.8. The molecule has 2 heteroatoms. The Balaban J connectivity index is 1.01. The minimum atomic E-state index is -0.0778. The number of benzene rings is 10.